The topological polar surface area (TPSA) is 251 Å². The molecule has 0 saturated carbocycles. The molecule has 0 bridgehead atoms. The summed E-state index contributed by atoms with van der Waals surface area (Å²) in [6.07, 6.45) is 0. The van der Waals surface area contributed by atoms with Crippen molar-refractivity contribution in [3.8, 4) is 0 Å². The molecule has 15 heteroatoms. The Balaban J connectivity index is -0.0000000305. The summed E-state index contributed by atoms with van der Waals surface area (Å²) in [6.45, 7) is 8.55. The summed E-state index contributed by atoms with van der Waals surface area (Å²) in [5.74, 6) is -4.17. The van der Waals surface area contributed by atoms with Crippen LogP contribution in [0.3, 0.4) is 0 Å². The van der Waals surface area contributed by atoms with Gasteiger partial charge in [0.25, 0.3) is 29.8 Å². The van der Waals surface area contributed by atoms with Gasteiger partial charge in [0.15, 0.2) is 0 Å². The molecule has 0 saturated heterocycles. The van der Waals surface area contributed by atoms with Crippen LogP contribution in [-0.4, -0.2) is 157 Å². The number of nitrogens with two attached hydrogens (primary N) is 2. The van der Waals surface area contributed by atoms with Gasteiger partial charge in [-0.1, -0.05) is 0 Å². The van der Waals surface area contributed by atoms with E-state index in [1.807, 2.05) is 0 Å². The van der Waals surface area contributed by atoms with Crippen LogP contribution >= 0.6 is 0 Å². The molecule has 0 aliphatic heterocycles. The van der Waals surface area contributed by atoms with Crippen molar-refractivity contribution in [1.82, 2.24) is 5.32 Å². The van der Waals surface area contributed by atoms with Gasteiger partial charge in [0.1, 0.15) is 0 Å². The normalized spacial score (nSPS) is 6.59. The van der Waals surface area contributed by atoms with Gasteiger partial charge in [-0.2, -0.15) is 0 Å². The van der Waals surface area contributed by atoms with Gasteiger partial charge in [0.2, 0.25) is 0 Å². The molecule has 0 radical (unpaired) electrons. The Bertz CT molecular complexity index is 293. The van der Waals surface area contributed by atoms with Gasteiger partial charge >= 0.3 is 75.5 Å². The Kier molecular flexibility index (Phi) is 90.3. The second kappa shape index (κ2) is 50.9. The van der Waals surface area contributed by atoms with Crippen LogP contribution < -0.4 is 16.8 Å². The number of rotatable bonds is 4. The van der Waals surface area contributed by atoms with Crippen molar-refractivity contribution < 1.29 is 49.5 Å². The Hall–Kier alpha value is -0.251. The fourth-order valence-electron chi connectivity index (χ4n) is 0.329. The van der Waals surface area contributed by atoms with Crippen LogP contribution in [-0.2, 0) is 24.0 Å². The number of carbonyl (C=O) groups is 5. The first kappa shape index (κ1) is 51.4. The molecule has 0 unspecified atom stereocenters. The summed E-state index contributed by atoms with van der Waals surface area (Å²) >= 11 is 0. The van der Waals surface area contributed by atoms with E-state index in [1.54, 1.807) is 0 Å². The quantitative estimate of drug-likeness (QED) is 0.147. The average molecular weight is 488 g/mol. The zero-order valence-electron chi connectivity index (χ0n) is 16.3. The van der Waals surface area contributed by atoms with Crippen molar-refractivity contribution in [3.63, 3.8) is 0 Å². The molecule has 10 N–H and O–H groups in total. The molecule has 0 aliphatic rings. The maximum absolute atomic E-state index is 9.00. The summed E-state index contributed by atoms with van der Waals surface area (Å²) in [6, 6.07) is 0. The van der Waals surface area contributed by atoms with Crippen molar-refractivity contribution in [1.29, 1.82) is 0 Å². The molecule has 0 amide bonds. The van der Waals surface area contributed by atoms with Gasteiger partial charge in [0.05, 0.1) is 0 Å². The predicted molar refractivity (Wildman–Crippen MR) is 115 cm³/mol. The van der Waals surface area contributed by atoms with E-state index < -0.39 is 29.8 Å². The van der Waals surface area contributed by atoms with Crippen LogP contribution in [0.15, 0.2) is 0 Å². The first-order chi connectivity index (χ1) is 12.1. The molecule has 0 atom stereocenters. The molecule has 29 heavy (non-hydrogen) atoms. The van der Waals surface area contributed by atoms with E-state index in [4.69, 9.17) is 61.0 Å². The van der Waals surface area contributed by atoms with E-state index in [9.17, 15) is 0 Å². The van der Waals surface area contributed by atoms with E-state index in [0.717, 1.165) is 47.7 Å². The van der Waals surface area contributed by atoms with Crippen LogP contribution in [0.5, 0.6) is 0 Å². The third-order valence-electron chi connectivity index (χ3n) is 0.642. The first-order valence-electron chi connectivity index (χ1n) is 7.16. The van der Waals surface area contributed by atoms with E-state index in [-0.39, 0.29) is 75.5 Å². The molecule has 172 valence electrons. The number of hydrogen-bond acceptors (Lipinski definition) is 8. The SMILES string of the molecule is CC(=O)O.CC(=O)O.CC(=O)O.CC(=O)O.CC(=O)O.NCCNCCN.[CaH2].[CaH2]. The minimum absolute atomic E-state index is 0. The third-order valence-corrected chi connectivity index (χ3v) is 0.642. The zero-order chi connectivity index (χ0) is 23.4. The van der Waals surface area contributed by atoms with Crippen LogP contribution in [0.4, 0.5) is 0 Å². The molecule has 0 aliphatic carbocycles. The number of nitrogens with one attached hydrogen (secondary N) is 1. The van der Waals surface area contributed by atoms with Crippen molar-refractivity contribution in [2.45, 2.75) is 34.6 Å². The standard InChI is InChI=1S/C4H13N3.5C2H4O2.2Ca.4H/c5-1-3-7-4-2-6;5*1-2(3)4;;;;;;/h7H,1-6H2;5*1H3,(H,3,4);;;;;;. The summed E-state index contributed by atoms with van der Waals surface area (Å²) in [5.41, 5.74) is 10.3. The number of aliphatic carboxylic acids is 5. The van der Waals surface area contributed by atoms with Gasteiger partial charge in [-0.15, -0.1) is 0 Å². The van der Waals surface area contributed by atoms with E-state index in [2.05, 4.69) is 5.32 Å². The molecule has 0 aromatic rings. The van der Waals surface area contributed by atoms with Crippen molar-refractivity contribution in [3.05, 3.63) is 0 Å². The maximum atomic E-state index is 9.00. The minimum atomic E-state index is -0.833. The van der Waals surface area contributed by atoms with Crippen LogP contribution in [0.25, 0.3) is 0 Å². The van der Waals surface area contributed by atoms with E-state index in [0.29, 0.717) is 13.1 Å². The Morgan fingerprint density at radius 1 is 0.552 bits per heavy atom. The number of carboxylic acid groups (broad SMARTS) is 5. The monoisotopic (exact) mass is 487 g/mol. The van der Waals surface area contributed by atoms with Gasteiger partial charge < -0.3 is 42.3 Å². The average Bonchev–Trinajstić information content (AvgIpc) is 2.35. The Morgan fingerprint density at radius 3 is 0.724 bits per heavy atom. The Morgan fingerprint density at radius 2 is 0.655 bits per heavy atom. The fourth-order valence-corrected chi connectivity index (χ4v) is 0.329. The number of carboxylic acids is 5. The summed E-state index contributed by atoms with van der Waals surface area (Å²) in [4.78, 5) is 45.0. The van der Waals surface area contributed by atoms with Crippen LogP contribution in [0.1, 0.15) is 34.6 Å². The predicted octanol–water partition coefficient (Wildman–Crippen LogP) is -2.88. The second-order valence-corrected chi connectivity index (χ2v) is 3.92. The van der Waals surface area contributed by atoms with Gasteiger partial charge in [-0.25, -0.2) is 0 Å². The summed E-state index contributed by atoms with van der Waals surface area (Å²) in [7, 11) is 0. The molecule has 0 fully saturated rings. The molecule has 0 aromatic carbocycles. The number of hydrogen-bond donors (Lipinski definition) is 8. The van der Waals surface area contributed by atoms with Crippen LogP contribution in [0, 0.1) is 0 Å². The fraction of sp³-hybridized carbons (Fsp3) is 0.643. The summed E-state index contributed by atoms with van der Waals surface area (Å²) < 4.78 is 0. The zero-order valence-corrected chi connectivity index (χ0v) is 16.3. The molecular weight excluding hydrogens is 450 g/mol. The molecule has 0 heterocycles. The van der Waals surface area contributed by atoms with Gasteiger partial charge in [-0.3, -0.25) is 24.0 Å². The molecule has 13 nitrogen and oxygen atoms in total. The van der Waals surface area contributed by atoms with E-state index >= 15 is 0 Å². The van der Waals surface area contributed by atoms with Crippen LogP contribution in [0.2, 0.25) is 0 Å². The van der Waals surface area contributed by atoms with E-state index in [1.165, 1.54) is 0 Å². The summed E-state index contributed by atoms with van der Waals surface area (Å²) in [5, 5.41) is 40.1. The van der Waals surface area contributed by atoms with Crippen molar-refractivity contribution in [2.75, 3.05) is 26.2 Å². The third kappa shape index (κ3) is 1310. The first-order valence-corrected chi connectivity index (χ1v) is 7.16. The van der Waals surface area contributed by atoms with Crippen molar-refractivity contribution in [2.24, 2.45) is 11.5 Å². The molecule has 0 aromatic heterocycles. The molecule has 0 rings (SSSR count). The van der Waals surface area contributed by atoms with Crippen molar-refractivity contribution >= 4 is 105 Å². The van der Waals surface area contributed by atoms with Gasteiger partial charge in [-0.05, 0) is 0 Å². The Labute approximate surface area is 230 Å². The molecule has 0 spiro atoms. The molecular formula is C14H37Ca2N3O10. The second-order valence-electron chi connectivity index (χ2n) is 3.92. The van der Waals surface area contributed by atoms with Gasteiger partial charge in [0, 0.05) is 60.8 Å².